The summed E-state index contributed by atoms with van der Waals surface area (Å²) >= 11 is 0. The molecule has 54 valence electrons. The molecule has 0 saturated carbocycles. The van der Waals surface area contributed by atoms with E-state index in [1.54, 1.807) is 0 Å². The predicted molar refractivity (Wildman–Crippen MR) is 37.5 cm³/mol. The highest BCUT2D eigenvalue weighted by atomic mass is 16.6. The van der Waals surface area contributed by atoms with Crippen molar-refractivity contribution in [3.63, 3.8) is 0 Å². The van der Waals surface area contributed by atoms with E-state index in [0.29, 0.717) is 12.0 Å². The van der Waals surface area contributed by atoms with Gasteiger partial charge >= 0.3 is 0 Å². The van der Waals surface area contributed by atoms with Crippen LogP contribution in [-0.4, -0.2) is 38.3 Å². The molecule has 2 heteroatoms. The van der Waals surface area contributed by atoms with Crippen LogP contribution in [0.15, 0.2) is 0 Å². The van der Waals surface area contributed by atoms with E-state index < -0.39 is 0 Å². The minimum absolute atomic E-state index is 0.562. The Morgan fingerprint density at radius 2 is 2.22 bits per heavy atom. The summed E-state index contributed by atoms with van der Waals surface area (Å²) < 4.78 is 5.14. The predicted octanol–water partition coefficient (Wildman–Crippen LogP) is 0.583. The molecule has 0 aromatic carbocycles. The number of ether oxygens (including phenoxy) is 1. The third-order valence-electron chi connectivity index (χ3n) is 1.65. The van der Waals surface area contributed by atoms with Gasteiger partial charge in [0.1, 0.15) is 0 Å². The fraction of sp³-hybridized carbons (Fsp3) is 1.00. The van der Waals surface area contributed by atoms with Crippen LogP contribution in [0.5, 0.6) is 0 Å². The standard InChI is InChI=1S/C7H15NO/c1-6(4-8(2)3)7-5-9-7/h6-7H,4-5H2,1-3H3. The molecule has 1 saturated heterocycles. The highest BCUT2D eigenvalue weighted by molar-refractivity contribution is 4.76. The second-order valence-electron chi connectivity index (χ2n) is 3.11. The summed E-state index contributed by atoms with van der Waals surface area (Å²) in [5.41, 5.74) is 0. The zero-order valence-corrected chi connectivity index (χ0v) is 6.42. The fourth-order valence-corrected chi connectivity index (χ4v) is 1.08. The van der Waals surface area contributed by atoms with Crippen LogP contribution >= 0.6 is 0 Å². The molecule has 0 radical (unpaired) electrons. The van der Waals surface area contributed by atoms with Crippen LogP contribution in [0.4, 0.5) is 0 Å². The molecule has 1 heterocycles. The maximum absolute atomic E-state index is 5.14. The summed E-state index contributed by atoms with van der Waals surface area (Å²) in [4.78, 5) is 2.20. The van der Waals surface area contributed by atoms with E-state index in [1.807, 2.05) is 0 Å². The molecular weight excluding hydrogens is 114 g/mol. The smallest absolute Gasteiger partial charge is 0.0847 e. The number of hydrogen-bond donors (Lipinski definition) is 0. The molecule has 9 heavy (non-hydrogen) atoms. The van der Waals surface area contributed by atoms with Gasteiger partial charge in [0.05, 0.1) is 12.7 Å². The Labute approximate surface area is 56.8 Å². The summed E-state index contributed by atoms with van der Waals surface area (Å²) in [5.74, 6) is 0.708. The average Bonchev–Trinajstić information content (AvgIpc) is 2.40. The molecule has 1 aliphatic heterocycles. The molecule has 1 rings (SSSR count). The highest BCUT2D eigenvalue weighted by Gasteiger charge is 2.29. The van der Waals surface area contributed by atoms with Gasteiger partial charge in [0, 0.05) is 6.54 Å². The first-order chi connectivity index (χ1) is 4.20. The summed E-state index contributed by atoms with van der Waals surface area (Å²) in [6.07, 6.45) is 0.562. The second kappa shape index (κ2) is 2.67. The number of nitrogens with zero attached hydrogens (tertiary/aromatic N) is 1. The van der Waals surface area contributed by atoms with E-state index in [-0.39, 0.29) is 0 Å². The van der Waals surface area contributed by atoms with Gasteiger partial charge in [-0.2, -0.15) is 0 Å². The average molecular weight is 129 g/mol. The Balaban J connectivity index is 2.10. The Morgan fingerprint density at radius 1 is 1.67 bits per heavy atom. The maximum atomic E-state index is 5.14. The molecule has 2 unspecified atom stereocenters. The molecule has 0 spiro atoms. The molecule has 0 aromatic heterocycles. The van der Waals surface area contributed by atoms with Gasteiger partial charge in [-0.15, -0.1) is 0 Å². The van der Waals surface area contributed by atoms with Crippen molar-refractivity contribution in [3.8, 4) is 0 Å². The van der Waals surface area contributed by atoms with Crippen molar-refractivity contribution >= 4 is 0 Å². The molecule has 1 fully saturated rings. The van der Waals surface area contributed by atoms with E-state index >= 15 is 0 Å². The van der Waals surface area contributed by atoms with Crippen LogP contribution in [0, 0.1) is 5.92 Å². The molecular formula is C7H15NO. The monoisotopic (exact) mass is 129 g/mol. The lowest BCUT2D eigenvalue weighted by Gasteiger charge is -2.13. The van der Waals surface area contributed by atoms with Gasteiger partial charge in [-0.25, -0.2) is 0 Å². The quantitative estimate of drug-likeness (QED) is 0.518. The normalized spacial score (nSPS) is 28.7. The second-order valence-corrected chi connectivity index (χ2v) is 3.11. The molecule has 2 atom stereocenters. The van der Waals surface area contributed by atoms with E-state index in [2.05, 4.69) is 25.9 Å². The van der Waals surface area contributed by atoms with Gasteiger partial charge in [0.15, 0.2) is 0 Å². The molecule has 0 bridgehead atoms. The Kier molecular flexibility index (Phi) is 2.09. The maximum Gasteiger partial charge on any atom is 0.0847 e. The van der Waals surface area contributed by atoms with E-state index in [1.165, 1.54) is 0 Å². The van der Waals surface area contributed by atoms with Crippen LogP contribution in [0.25, 0.3) is 0 Å². The van der Waals surface area contributed by atoms with Gasteiger partial charge < -0.3 is 9.64 Å². The number of hydrogen-bond acceptors (Lipinski definition) is 2. The summed E-state index contributed by atoms with van der Waals surface area (Å²) in [7, 11) is 4.19. The Morgan fingerprint density at radius 3 is 2.56 bits per heavy atom. The van der Waals surface area contributed by atoms with Crippen LogP contribution in [0.1, 0.15) is 6.92 Å². The van der Waals surface area contributed by atoms with E-state index in [9.17, 15) is 0 Å². The van der Waals surface area contributed by atoms with E-state index in [4.69, 9.17) is 4.74 Å². The molecule has 0 amide bonds. The Hall–Kier alpha value is -0.0800. The van der Waals surface area contributed by atoms with Crippen LogP contribution in [0.3, 0.4) is 0 Å². The molecule has 0 N–H and O–H groups in total. The first kappa shape index (κ1) is 7.03. The number of epoxide rings is 1. The van der Waals surface area contributed by atoms with Gasteiger partial charge in [-0.3, -0.25) is 0 Å². The lowest BCUT2D eigenvalue weighted by Crippen LogP contribution is -2.22. The lowest BCUT2D eigenvalue weighted by atomic mass is 10.1. The summed E-state index contributed by atoms with van der Waals surface area (Å²) in [5, 5.41) is 0. The van der Waals surface area contributed by atoms with Gasteiger partial charge in [0.2, 0.25) is 0 Å². The molecule has 1 aliphatic rings. The summed E-state index contributed by atoms with van der Waals surface area (Å²) in [6, 6.07) is 0. The van der Waals surface area contributed by atoms with Gasteiger partial charge in [0.25, 0.3) is 0 Å². The molecule has 2 nitrogen and oxygen atoms in total. The minimum Gasteiger partial charge on any atom is -0.373 e. The summed E-state index contributed by atoms with van der Waals surface area (Å²) in [6.45, 7) is 4.36. The molecule has 0 aromatic rings. The van der Waals surface area contributed by atoms with Crippen LogP contribution < -0.4 is 0 Å². The van der Waals surface area contributed by atoms with Crippen LogP contribution in [-0.2, 0) is 4.74 Å². The van der Waals surface area contributed by atoms with Crippen molar-refractivity contribution in [2.75, 3.05) is 27.2 Å². The zero-order chi connectivity index (χ0) is 6.85. The molecule has 0 aliphatic carbocycles. The third kappa shape index (κ3) is 2.33. The van der Waals surface area contributed by atoms with Crippen molar-refractivity contribution in [2.24, 2.45) is 5.92 Å². The lowest BCUT2D eigenvalue weighted by molar-refractivity contribution is 0.275. The van der Waals surface area contributed by atoms with Gasteiger partial charge in [-0.05, 0) is 20.0 Å². The SMILES string of the molecule is CC(CN(C)C)C1CO1. The van der Waals surface area contributed by atoms with Crippen molar-refractivity contribution in [3.05, 3.63) is 0 Å². The van der Waals surface area contributed by atoms with E-state index in [0.717, 1.165) is 13.2 Å². The van der Waals surface area contributed by atoms with Crippen molar-refractivity contribution < 1.29 is 4.74 Å². The van der Waals surface area contributed by atoms with Crippen molar-refractivity contribution in [1.82, 2.24) is 4.90 Å². The van der Waals surface area contributed by atoms with Crippen molar-refractivity contribution in [2.45, 2.75) is 13.0 Å². The first-order valence-electron chi connectivity index (χ1n) is 3.46. The minimum atomic E-state index is 0.562. The fourth-order valence-electron chi connectivity index (χ4n) is 1.08. The van der Waals surface area contributed by atoms with Crippen LogP contribution in [0.2, 0.25) is 0 Å². The highest BCUT2D eigenvalue weighted by Crippen LogP contribution is 2.19. The largest absolute Gasteiger partial charge is 0.373 e. The first-order valence-corrected chi connectivity index (χ1v) is 3.46. The van der Waals surface area contributed by atoms with Crippen molar-refractivity contribution in [1.29, 1.82) is 0 Å². The number of rotatable bonds is 3. The zero-order valence-electron chi connectivity index (χ0n) is 6.42. The van der Waals surface area contributed by atoms with Gasteiger partial charge in [-0.1, -0.05) is 6.92 Å². The topological polar surface area (TPSA) is 15.8 Å². The Bertz CT molecular complexity index is 88.9. The third-order valence-corrected chi connectivity index (χ3v) is 1.65.